The molecule has 156 valence electrons. The first-order valence-corrected chi connectivity index (χ1v) is 11.0. The van der Waals surface area contributed by atoms with E-state index in [4.69, 9.17) is 27.9 Å². The quantitative estimate of drug-likeness (QED) is 0.324. The minimum atomic E-state index is 0.686. The molecule has 0 heterocycles. The van der Waals surface area contributed by atoms with E-state index >= 15 is 0 Å². The van der Waals surface area contributed by atoms with Crippen molar-refractivity contribution in [3.05, 3.63) is 99.5 Å². The maximum Gasteiger partial charge on any atom is 0.119 e. The van der Waals surface area contributed by atoms with Crippen LogP contribution in [0.4, 0.5) is 0 Å². The summed E-state index contributed by atoms with van der Waals surface area (Å²) in [5.41, 5.74) is 4.42. The fourth-order valence-corrected chi connectivity index (χ4v) is 3.50. The summed E-state index contributed by atoms with van der Waals surface area (Å²) in [5, 5.41) is 1.45. The Labute approximate surface area is 189 Å². The second kappa shape index (κ2) is 11.2. The topological polar surface area (TPSA) is 12.5 Å². The predicted octanol–water partition coefficient (Wildman–Crippen LogP) is 7.30. The van der Waals surface area contributed by atoms with Crippen molar-refractivity contribution in [3.8, 4) is 5.75 Å². The van der Waals surface area contributed by atoms with Crippen LogP contribution in [-0.4, -0.2) is 31.1 Å². The fraction of sp³-hybridized carbons (Fsp3) is 0.231. The van der Waals surface area contributed by atoms with Crippen molar-refractivity contribution in [1.82, 2.24) is 4.90 Å². The zero-order valence-electron chi connectivity index (χ0n) is 17.4. The highest BCUT2D eigenvalue weighted by Crippen LogP contribution is 2.29. The number of ether oxygens (including phenoxy) is 1. The summed E-state index contributed by atoms with van der Waals surface area (Å²) in [4.78, 5) is 2.35. The van der Waals surface area contributed by atoms with Gasteiger partial charge in [0.15, 0.2) is 0 Å². The van der Waals surface area contributed by atoms with Gasteiger partial charge in [0.05, 0.1) is 0 Å². The lowest BCUT2D eigenvalue weighted by Crippen LogP contribution is -2.27. The van der Waals surface area contributed by atoms with Gasteiger partial charge in [-0.1, -0.05) is 73.4 Å². The maximum absolute atomic E-state index is 6.10. The number of benzene rings is 3. The van der Waals surface area contributed by atoms with E-state index < -0.39 is 0 Å². The lowest BCUT2D eigenvalue weighted by molar-refractivity contribution is 0.223. The van der Waals surface area contributed by atoms with Crippen LogP contribution in [0.5, 0.6) is 5.75 Å². The molecule has 3 aromatic carbocycles. The Bertz CT molecular complexity index is 944. The molecule has 0 aromatic heterocycles. The summed E-state index contributed by atoms with van der Waals surface area (Å²) in [6, 6.07) is 24.0. The van der Waals surface area contributed by atoms with Crippen molar-refractivity contribution in [3.63, 3.8) is 0 Å². The van der Waals surface area contributed by atoms with Crippen LogP contribution in [0.1, 0.15) is 30.5 Å². The fourth-order valence-electron chi connectivity index (χ4n) is 3.25. The van der Waals surface area contributed by atoms with Crippen molar-refractivity contribution < 1.29 is 4.74 Å². The van der Waals surface area contributed by atoms with Gasteiger partial charge in [0.25, 0.3) is 0 Å². The van der Waals surface area contributed by atoms with E-state index in [0.29, 0.717) is 6.61 Å². The molecule has 0 aliphatic heterocycles. The van der Waals surface area contributed by atoms with Gasteiger partial charge in [-0.25, -0.2) is 0 Å². The second-order valence-corrected chi connectivity index (χ2v) is 7.89. The minimum absolute atomic E-state index is 0.686. The molecule has 0 unspecified atom stereocenters. The SMILES string of the molecule is CCN(CC)CCOc1ccc(C(=Cc2ccc(Cl)cc2)c2ccc(Cl)cc2)cc1. The molecule has 0 amide bonds. The van der Waals surface area contributed by atoms with Crippen molar-refractivity contribution in [2.75, 3.05) is 26.2 Å². The molecule has 0 N–H and O–H groups in total. The maximum atomic E-state index is 6.10. The number of halogens is 2. The predicted molar refractivity (Wildman–Crippen MR) is 130 cm³/mol. The largest absolute Gasteiger partial charge is 0.492 e. The van der Waals surface area contributed by atoms with Crippen LogP contribution < -0.4 is 4.74 Å². The summed E-state index contributed by atoms with van der Waals surface area (Å²) in [6.45, 7) is 8.04. The van der Waals surface area contributed by atoms with Gasteiger partial charge in [-0.05, 0) is 77.8 Å². The summed E-state index contributed by atoms with van der Waals surface area (Å²) in [6.07, 6.45) is 2.16. The highest BCUT2D eigenvalue weighted by atomic mass is 35.5. The molecule has 0 saturated heterocycles. The van der Waals surface area contributed by atoms with Crippen LogP contribution in [0.25, 0.3) is 11.6 Å². The number of hydrogen-bond donors (Lipinski definition) is 0. The lowest BCUT2D eigenvalue weighted by Gasteiger charge is -2.18. The van der Waals surface area contributed by atoms with E-state index in [1.165, 1.54) is 0 Å². The molecule has 0 bridgehead atoms. The van der Waals surface area contributed by atoms with Crippen molar-refractivity contribution in [1.29, 1.82) is 0 Å². The van der Waals surface area contributed by atoms with Crippen LogP contribution >= 0.6 is 23.2 Å². The second-order valence-electron chi connectivity index (χ2n) is 7.02. The molecule has 0 radical (unpaired) electrons. The number of nitrogens with zero attached hydrogens (tertiary/aromatic N) is 1. The Morgan fingerprint density at radius 3 is 1.80 bits per heavy atom. The van der Waals surface area contributed by atoms with Gasteiger partial charge in [0, 0.05) is 16.6 Å². The summed E-state index contributed by atoms with van der Waals surface area (Å²) in [5.74, 6) is 0.882. The number of rotatable bonds is 9. The standard InChI is InChI=1S/C26H27Cl2NO/c1-3-29(4-2)17-18-30-25-15-9-22(10-16-25)26(21-7-13-24(28)14-8-21)19-20-5-11-23(27)12-6-20/h5-16,19H,3-4,17-18H2,1-2H3. The van der Waals surface area contributed by atoms with Gasteiger partial charge in [0.1, 0.15) is 12.4 Å². The van der Waals surface area contributed by atoms with Crippen molar-refractivity contribution in [2.24, 2.45) is 0 Å². The van der Waals surface area contributed by atoms with Gasteiger partial charge in [-0.2, -0.15) is 0 Å². The van der Waals surface area contributed by atoms with Crippen LogP contribution in [0.15, 0.2) is 72.8 Å². The van der Waals surface area contributed by atoms with Gasteiger partial charge in [-0.3, -0.25) is 0 Å². The molecule has 0 aliphatic carbocycles. The molecule has 0 spiro atoms. The molecular weight excluding hydrogens is 413 g/mol. The number of hydrogen-bond acceptors (Lipinski definition) is 2. The average Bonchev–Trinajstić information content (AvgIpc) is 2.78. The molecule has 0 saturated carbocycles. The van der Waals surface area contributed by atoms with E-state index in [0.717, 1.165) is 57.7 Å². The Balaban J connectivity index is 1.83. The third kappa shape index (κ3) is 6.37. The normalized spacial score (nSPS) is 11.7. The van der Waals surface area contributed by atoms with Crippen LogP contribution in [0.3, 0.4) is 0 Å². The van der Waals surface area contributed by atoms with Gasteiger partial charge in [0.2, 0.25) is 0 Å². The molecule has 2 nitrogen and oxygen atoms in total. The molecule has 0 fully saturated rings. The van der Waals surface area contributed by atoms with Crippen LogP contribution in [0, 0.1) is 0 Å². The first kappa shape index (κ1) is 22.4. The average molecular weight is 440 g/mol. The van der Waals surface area contributed by atoms with Crippen LogP contribution in [0.2, 0.25) is 10.0 Å². The first-order valence-electron chi connectivity index (χ1n) is 10.3. The highest BCUT2D eigenvalue weighted by molar-refractivity contribution is 6.30. The minimum Gasteiger partial charge on any atom is -0.492 e. The Kier molecular flexibility index (Phi) is 8.39. The molecular formula is C26H27Cl2NO. The zero-order valence-corrected chi connectivity index (χ0v) is 19.0. The summed E-state index contributed by atoms with van der Waals surface area (Å²) >= 11 is 12.1. The smallest absolute Gasteiger partial charge is 0.119 e. The third-order valence-electron chi connectivity index (χ3n) is 5.07. The Morgan fingerprint density at radius 1 is 0.767 bits per heavy atom. The van der Waals surface area contributed by atoms with E-state index in [9.17, 15) is 0 Å². The lowest BCUT2D eigenvalue weighted by atomic mass is 9.95. The van der Waals surface area contributed by atoms with E-state index in [1.54, 1.807) is 0 Å². The first-order chi connectivity index (χ1) is 14.6. The van der Waals surface area contributed by atoms with Crippen LogP contribution in [-0.2, 0) is 0 Å². The zero-order chi connectivity index (χ0) is 21.3. The van der Waals surface area contributed by atoms with Crippen molar-refractivity contribution >= 4 is 34.9 Å². The molecule has 4 heteroatoms. The Morgan fingerprint density at radius 2 is 1.27 bits per heavy atom. The van der Waals surface area contributed by atoms with Gasteiger partial charge < -0.3 is 9.64 Å². The Hall–Kier alpha value is -2.26. The van der Waals surface area contributed by atoms with E-state index in [1.807, 2.05) is 60.7 Å². The summed E-state index contributed by atoms with van der Waals surface area (Å²) < 4.78 is 5.93. The van der Waals surface area contributed by atoms with E-state index in [2.05, 4.69) is 37.0 Å². The van der Waals surface area contributed by atoms with E-state index in [-0.39, 0.29) is 0 Å². The van der Waals surface area contributed by atoms with Gasteiger partial charge in [-0.15, -0.1) is 0 Å². The third-order valence-corrected chi connectivity index (χ3v) is 5.58. The monoisotopic (exact) mass is 439 g/mol. The molecule has 3 aromatic rings. The van der Waals surface area contributed by atoms with Crippen molar-refractivity contribution in [2.45, 2.75) is 13.8 Å². The molecule has 0 atom stereocenters. The number of likely N-dealkylation sites (N-methyl/N-ethyl adjacent to an activating group) is 1. The summed E-state index contributed by atoms with van der Waals surface area (Å²) in [7, 11) is 0. The molecule has 3 rings (SSSR count). The highest BCUT2D eigenvalue weighted by Gasteiger charge is 2.07. The molecule has 30 heavy (non-hydrogen) atoms. The molecule has 0 aliphatic rings. The van der Waals surface area contributed by atoms with Gasteiger partial charge >= 0.3 is 0 Å².